The molecule has 0 amide bonds. The average Bonchev–Trinajstić information content (AvgIpc) is 2.33. The molecule has 0 heterocycles. The summed E-state index contributed by atoms with van der Waals surface area (Å²) >= 11 is 0. The van der Waals surface area contributed by atoms with Crippen LogP contribution in [0.4, 0.5) is 18.9 Å². The zero-order chi connectivity index (χ0) is 15.6. The van der Waals surface area contributed by atoms with Crippen molar-refractivity contribution in [3.8, 4) is 6.07 Å². The molecule has 0 fully saturated rings. The van der Waals surface area contributed by atoms with Crippen molar-refractivity contribution in [3.63, 3.8) is 0 Å². The van der Waals surface area contributed by atoms with Crippen LogP contribution in [0.1, 0.15) is 38.8 Å². The molecule has 0 aliphatic rings. The standard InChI is InChI=1S/C15H19F3N2/c1-10(14(2,3)4)9-20-13-6-5-12(15(16,17)18)7-11(13)8-19/h5-7,10,20H,9H2,1-4H3. The van der Waals surface area contributed by atoms with E-state index in [0.29, 0.717) is 18.2 Å². The van der Waals surface area contributed by atoms with E-state index in [1.165, 1.54) is 6.07 Å². The van der Waals surface area contributed by atoms with Crippen LogP contribution in [0.2, 0.25) is 0 Å². The molecule has 110 valence electrons. The summed E-state index contributed by atoms with van der Waals surface area (Å²) in [5, 5.41) is 12.0. The molecule has 0 aliphatic carbocycles. The van der Waals surface area contributed by atoms with E-state index in [0.717, 1.165) is 12.1 Å². The predicted molar refractivity (Wildman–Crippen MR) is 73.3 cm³/mol. The summed E-state index contributed by atoms with van der Waals surface area (Å²) in [7, 11) is 0. The number of nitriles is 1. The highest BCUT2D eigenvalue weighted by atomic mass is 19.4. The third-order valence-corrected chi connectivity index (χ3v) is 3.54. The van der Waals surface area contributed by atoms with Gasteiger partial charge in [0, 0.05) is 6.54 Å². The fraction of sp³-hybridized carbons (Fsp3) is 0.533. The Morgan fingerprint density at radius 1 is 1.25 bits per heavy atom. The summed E-state index contributed by atoms with van der Waals surface area (Å²) in [4.78, 5) is 0. The van der Waals surface area contributed by atoms with Crippen molar-refractivity contribution in [1.82, 2.24) is 0 Å². The van der Waals surface area contributed by atoms with Gasteiger partial charge in [-0.1, -0.05) is 27.7 Å². The van der Waals surface area contributed by atoms with Crippen LogP contribution in [0.5, 0.6) is 0 Å². The van der Waals surface area contributed by atoms with Crippen LogP contribution in [-0.2, 0) is 6.18 Å². The Balaban J connectivity index is 2.90. The van der Waals surface area contributed by atoms with Crippen molar-refractivity contribution in [2.45, 2.75) is 33.9 Å². The van der Waals surface area contributed by atoms with Gasteiger partial charge in [0.25, 0.3) is 0 Å². The third-order valence-electron chi connectivity index (χ3n) is 3.54. The molecule has 20 heavy (non-hydrogen) atoms. The Morgan fingerprint density at radius 2 is 1.85 bits per heavy atom. The van der Waals surface area contributed by atoms with Crippen molar-refractivity contribution >= 4 is 5.69 Å². The highest BCUT2D eigenvalue weighted by Gasteiger charge is 2.31. The molecule has 2 nitrogen and oxygen atoms in total. The van der Waals surface area contributed by atoms with Gasteiger partial charge >= 0.3 is 6.18 Å². The van der Waals surface area contributed by atoms with Gasteiger partial charge in [-0.05, 0) is 29.5 Å². The third kappa shape index (κ3) is 4.16. The summed E-state index contributed by atoms with van der Waals surface area (Å²) in [5.74, 6) is 0.316. The quantitative estimate of drug-likeness (QED) is 0.875. The SMILES string of the molecule is CC(CNc1ccc(C(F)(F)F)cc1C#N)C(C)(C)C. The average molecular weight is 284 g/mol. The predicted octanol–water partition coefficient (Wildman–Crippen LogP) is 4.67. The molecule has 0 aromatic heterocycles. The lowest BCUT2D eigenvalue weighted by Crippen LogP contribution is -2.25. The largest absolute Gasteiger partial charge is 0.416 e. The van der Waals surface area contributed by atoms with E-state index < -0.39 is 11.7 Å². The number of nitrogens with zero attached hydrogens (tertiary/aromatic N) is 1. The van der Waals surface area contributed by atoms with Gasteiger partial charge in [-0.15, -0.1) is 0 Å². The van der Waals surface area contributed by atoms with Gasteiger partial charge in [0.2, 0.25) is 0 Å². The number of hydrogen-bond donors (Lipinski definition) is 1. The minimum absolute atomic E-state index is 0.0148. The summed E-state index contributed by atoms with van der Waals surface area (Å²) in [6.07, 6.45) is -4.43. The number of alkyl halides is 3. The monoisotopic (exact) mass is 284 g/mol. The number of halogens is 3. The van der Waals surface area contributed by atoms with E-state index in [9.17, 15) is 13.2 Å². The lowest BCUT2D eigenvalue weighted by Gasteiger charge is -2.28. The van der Waals surface area contributed by atoms with Gasteiger partial charge in [0.1, 0.15) is 6.07 Å². The first-order valence-electron chi connectivity index (χ1n) is 6.41. The van der Waals surface area contributed by atoms with Crippen molar-refractivity contribution in [3.05, 3.63) is 29.3 Å². The number of hydrogen-bond acceptors (Lipinski definition) is 2. The van der Waals surface area contributed by atoms with Crippen LogP contribution < -0.4 is 5.32 Å². The normalized spacial score (nSPS) is 13.7. The topological polar surface area (TPSA) is 35.8 Å². The molecule has 1 unspecified atom stereocenters. The highest BCUT2D eigenvalue weighted by Crippen LogP contribution is 2.32. The minimum Gasteiger partial charge on any atom is -0.384 e. The van der Waals surface area contributed by atoms with Crippen LogP contribution in [-0.4, -0.2) is 6.54 Å². The maximum absolute atomic E-state index is 12.6. The van der Waals surface area contributed by atoms with Crippen LogP contribution in [0.3, 0.4) is 0 Å². The zero-order valence-electron chi connectivity index (χ0n) is 12.1. The maximum Gasteiger partial charge on any atom is 0.416 e. The highest BCUT2D eigenvalue weighted by molar-refractivity contribution is 5.59. The molecule has 5 heteroatoms. The fourth-order valence-corrected chi connectivity index (χ4v) is 1.54. The summed E-state index contributed by atoms with van der Waals surface area (Å²) < 4.78 is 37.7. The molecule has 0 radical (unpaired) electrons. The van der Waals surface area contributed by atoms with Crippen molar-refractivity contribution in [2.75, 3.05) is 11.9 Å². The second-order valence-electron chi connectivity index (χ2n) is 6.02. The molecule has 0 saturated carbocycles. The van der Waals surface area contributed by atoms with E-state index >= 15 is 0 Å². The number of nitrogens with one attached hydrogen (secondary N) is 1. The van der Waals surface area contributed by atoms with E-state index in [1.54, 1.807) is 0 Å². The molecule has 1 aromatic carbocycles. The Morgan fingerprint density at radius 3 is 2.30 bits per heavy atom. The van der Waals surface area contributed by atoms with Gasteiger partial charge < -0.3 is 5.32 Å². The van der Waals surface area contributed by atoms with Crippen LogP contribution in [0.15, 0.2) is 18.2 Å². The Hall–Kier alpha value is -1.70. The summed E-state index contributed by atoms with van der Waals surface area (Å²) in [6, 6.07) is 4.99. The Bertz CT molecular complexity index is 507. The van der Waals surface area contributed by atoms with Gasteiger partial charge in [-0.25, -0.2) is 0 Å². The number of anilines is 1. The molecule has 0 aliphatic heterocycles. The maximum atomic E-state index is 12.6. The minimum atomic E-state index is -4.43. The first-order chi connectivity index (χ1) is 9.05. The van der Waals surface area contributed by atoms with Crippen molar-refractivity contribution < 1.29 is 13.2 Å². The second kappa shape index (κ2) is 5.74. The van der Waals surface area contributed by atoms with Crippen LogP contribution >= 0.6 is 0 Å². The van der Waals surface area contributed by atoms with Crippen molar-refractivity contribution in [1.29, 1.82) is 5.26 Å². The zero-order valence-corrected chi connectivity index (χ0v) is 12.1. The molecule has 1 aromatic rings. The first kappa shape index (κ1) is 16.4. The summed E-state index contributed by atoms with van der Waals surface area (Å²) in [5.41, 5.74) is -0.257. The van der Waals surface area contributed by atoms with Gasteiger partial charge in [0.05, 0.1) is 16.8 Å². The summed E-state index contributed by atoms with van der Waals surface area (Å²) in [6.45, 7) is 8.94. The molecule has 0 saturated heterocycles. The van der Waals surface area contributed by atoms with Gasteiger partial charge in [0.15, 0.2) is 0 Å². The van der Waals surface area contributed by atoms with Crippen molar-refractivity contribution in [2.24, 2.45) is 11.3 Å². The molecular formula is C15H19F3N2. The van der Waals surface area contributed by atoms with Gasteiger partial charge in [-0.3, -0.25) is 0 Å². The molecular weight excluding hydrogens is 265 g/mol. The molecule has 0 spiro atoms. The lowest BCUT2D eigenvalue weighted by molar-refractivity contribution is -0.137. The number of benzene rings is 1. The molecule has 1 rings (SSSR count). The van der Waals surface area contributed by atoms with Gasteiger partial charge in [-0.2, -0.15) is 18.4 Å². The Labute approximate surface area is 117 Å². The molecule has 0 bridgehead atoms. The van der Waals surface area contributed by atoms with Crippen LogP contribution in [0.25, 0.3) is 0 Å². The first-order valence-corrected chi connectivity index (χ1v) is 6.41. The number of rotatable bonds is 3. The molecule has 1 atom stereocenters. The fourth-order valence-electron chi connectivity index (χ4n) is 1.54. The lowest BCUT2D eigenvalue weighted by atomic mass is 9.82. The van der Waals surface area contributed by atoms with E-state index in [4.69, 9.17) is 5.26 Å². The van der Waals surface area contributed by atoms with Crippen LogP contribution in [0, 0.1) is 22.7 Å². The van der Waals surface area contributed by atoms with E-state index in [1.807, 2.05) is 6.07 Å². The van der Waals surface area contributed by atoms with E-state index in [2.05, 4.69) is 33.0 Å². The Kier molecular flexibility index (Phi) is 4.69. The van der Waals surface area contributed by atoms with E-state index in [-0.39, 0.29) is 11.0 Å². The smallest absolute Gasteiger partial charge is 0.384 e. The molecule has 1 N–H and O–H groups in total. The second-order valence-corrected chi connectivity index (χ2v) is 6.02.